The molecule has 0 amide bonds. The van der Waals surface area contributed by atoms with E-state index < -0.39 is 84.3 Å². The van der Waals surface area contributed by atoms with E-state index >= 15 is 0 Å². The van der Waals surface area contributed by atoms with E-state index in [1.807, 2.05) is 12.2 Å². The molecule has 0 radical (unpaired) electrons. The van der Waals surface area contributed by atoms with Crippen LogP contribution >= 0.6 is 15.6 Å². The van der Waals surface area contributed by atoms with Gasteiger partial charge in [0.25, 0.3) is 0 Å². The van der Waals surface area contributed by atoms with Crippen LogP contribution in [0.5, 0.6) is 0 Å². The number of ketones is 1. The lowest BCUT2D eigenvalue weighted by atomic mass is 9.90. The molecule has 0 aliphatic heterocycles. The topological polar surface area (TPSA) is 253 Å². The van der Waals surface area contributed by atoms with Crippen molar-refractivity contribution in [3.63, 3.8) is 0 Å². The van der Waals surface area contributed by atoms with Crippen molar-refractivity contribution in [1.82, 2.24) is 0 Å². The molecule has 1 saturated carbocycles. The van der Waals surface area contributed by atoms with Gasteiger partial charge in [-0.15, -0.1) is 0 Å². The number of rotatable bonds is 39. The second-order valence-electron chi connectivity index (χ2n) is 16.1. The Bertz CT molecular complexity index is 1650. The number of Topliss-reactive ketones (excluding diaryl/α,β-unsaturated/α-hetero) is 1. The number of carbonyl (C=O) groups excluding carboxylic acids is 3. The summed E-state index contributed by atoms with van der Waals surface area (Å²) in [7, 11) is -9.81. The monoisotopic (exact) mass is 972 g/mol. The van der Waals surface area contributed by atoms with Crippen molar-refractivity contribution in [3.8, 4) is 0 Å². The third-order valence-corrected chi connectivity index (χ3v) is 11.6. The molecule has 0 saturated heterocycles. The average Bonchev–Trinajstić information content (AvgIpc) is 3.54. The van der Waals surface area contributed by atoms with Crippen LogP contribution in [0, 0.1) is 11.8 Å². The van der Waals surface area contributed by atoms with Gasteiger partial charge >= 0.3 is 27.6 Å². The fraction of sp³-hybridized carbons (Fsp3) is 0.646. The first-order valence-electron chi connectivity index (χ1n) is 23.4. The number of unbranched alkanes of at least 4 members (excludes halogenated alkanes) is 6. The molecule has 1 aliphatic carbocycles. The lowest BCUT2D eigenvalue weighted by Gasteiger charge is -2.20. The standard InChI is InChI=1S/C48H78O16P2/c1-3-5-7-8-9-10-11-12-13-14-15-16-17-18-19-20-21-22-27-31-47(53)60-38-42(39-63-66(58,59)62-37-41(50)36-61-65(55,56)57)64-48(54)32-28-24-23-26-30-43-44(46(52)35-45(43)51)34-33-40(49)29-25-6-4-2/h5,7,9-10,12-13,15-16,18-19,23,26,33-34,40-45,49-51H,3-4,6,8,11,14,17,20-22,24-25,27-32,35-39H2,1-2H3,(H,58,59)(H2,55,56,57)/b7-5-,10-9-,13-12-,16-15-,19-18-,26-23-,34-33+/t40-,41-,42+,43+,44+,45-/m0/s1. The van der Waals surface area contributed by atoms with Gasteiger partial charge in [-0.2, -0.15) is 0 Å². The quantitative estimate of drug-likeness (QED) is 0.0145. The molecular weight excluding hydrogens is 894 g/mol. The minimum atomic E-state index is -4.91. The molecule has 66 heavy (non-hydrogen) atoms. The van der Waals surface area contributed by atoms with Crippen LogP contribution in [-0.2, 0) is 46.6 Å². The molecule has 0 aromatic heterocycles. The van der Waals surface area contributed by atoms with E-state index in [1.54, 1.807) is 12.2 Å². The molecule has 1 rings (SSSR count). The SMILES string of the molecule is CC/C=C\C/C=C\C/C=C\C/C=C\C/C=C\CCCCCC(=O)OC[C@H](COP(=O)(O)OC[C@@H](O)COP(=O)(O)O)OC(=O)CCC/C=C\C[C@H]1[C@@H](O)CC(=O)[C@@H]1/C=C/[C@@H](O)CCCCC. The van der Waals surface area contributed by atoms with Crippen molar-refractivity contribution in [2.45, 2.75) is 160 Å². The van der Waals surface area contributed by atoms with Crippen LogP contribution in [0.4, 0.5) is 0 Å². The number of ether oxygens (including phenoxy) is 2. The fourth-order valence-electron chi connectivity index (χ4n) is 6.53. The number of hydrogen-bond acceptors (Lipinski definition) is 13. The molecule has 0 bridgehead atoms. The van der Waals surface area contributed by atoms with Crippen molar-refractivity contribution in [2.75, 3.05) is 26.4 Å². The van der Waals surface area contributed by atoms with E-state index in [0.29, 0.717) is 32.1 Å². The number of allylic oxidation sites excluding steroid dienone is 13. The summed E-state index contributed by atoms with van der Waals surface area (Å²) < 4.78 is 47.8. The maximum absolute atomic E-state index is 12.8. The van der Waals surface area contributed by atoms with Crippen LogP contribution in [0.15, 0.2) is 85.1 Å². The maximum Gasteiger partial charge on any atom is 0.472 e. The van der Waals surface area contributed by atoms with E-state index in [1.165, 1.54) is 0 Å². The Morgan fingerprint density at radius 2 is 1.26 bits per heavy atom. The first-order chi connectivity index (χ1) is 31.6. The Hall–Kier alpha value is -3.11. The summed E-state index contributed by atoms with van der Waals surface area (Å²) in [4.78, 5) is 65.5. The Balaban J connectivity index is 2.58. The molecule has 7 atom stereocenters. The minimum absolute atomic E-state index is 0.0477. The lowest BCUT2D eigenvalue weighted by molar-refractivity contribution is -0.161. The highest BCUT2D eigenvalue weighted by atomic mass is 31.2. The molecule has 16 nitrogen and oxygen atoms in total. The van der Waals surface area contributed by atoms with Gasteiger partial charge in [-0.3, -0.25) is 28.0 Å². The molecule has 1 aliphatic rings. The summed E-state index contributed by atoms with van der Waals surface area (Å²) in [5.74, 6) is -2.18. The summed E-state index contributed by atoms with van der Waals surface area (Å²) in [6, 6.07) is 0. The zero-order chi connectivity index (χ0) is 48.9. The van der Waals surface area contributed by atoms with E-state index in [0.717, 1.165) is 70.6 Å². The van der Waals surface area contributed by atoms with Crippen molar-refractivity contribution < 1.29 is 76.6 Å². The van der Waals surface area contributed by atoms with Gasteiger partial charge in [0.05, 0.1) is 32.0 Å². The number of carbonyl (C=O) groups is 3. The van der Waals surface area contributed by atoms with Crippen LogP contribution in [0.3, 0.4) is 0 Å². The molecule has 0 spiro atoms. The number of hydrogen-bond donors (Lipinski definition) is 6. The van der Waals surface area contributed by atoms with Gasteiger partial charge in [-0.1, -0.05) is 125 Å². The number of phosphoric ester groups is 2. The number of phosphoric acid groups is 2. The van der Waals surface area contributed by atoms with Crippen LogP contribution in [-0.4, -0.2) is 98.6 Å². The fourth-order valence-corrected chi connectivity index (χ4v) is 7.69. The third kappa shape index (κ3) is 34.2. The third-order valence-electron chi connectivity index (χ3n) is 10.1. The minimum Gasteiger partial charge on any atom is -0.462 e. The first kappa shape index (κ1) is 60.9. The normalized spacial score (nSPS) is 19.7. The summed E-state index contributed by atoms with van der Waals surface area (Å²) in [6.45, 7) is 1.18. The maximum atomic E-state index is 12.8. The number of esters is 2. The van der Waals surface area contributed by atoms with Gasteiger partial charge in [0.1, 0.15) is 18.5 Å². The second kappa shape index (κ2) is 37.8. The van der Waals surface area contributed by atoms with Crippen LogP contribution < -0.4 is 0 Å². The lowest BCUT2D eigenvalue weighted by Crippen LogP contribution is -2.29. The molecule has 0 aromatic rings. The molecular formula is C48H78O16P2. The highest BCUT2D eigenvalue weighted by Gasteiger charge is 2.39. The van der Waals surface area contributed by atoms with Gasteiger partial charge in [-0.05, 0) is 77.0 Å². The number of aliphatic hydroxyl groups is 3. The second-order valence-corrected chi connectivity index (χ2v) is 18.8. The van der Waals surface area contributed by atoms with E-state index in [-0.39, 0.29) is 31.0 Å². The van der Waals surface area contributed by atoms with E-state index in [9.17, 15) is 43.7 Å². The molecule has 1 unspecified atom stereocenters. The average molecular weight is 973 g/mol. The van der Waals surface area contributed by atoms with Gasteiger partial charge < -0.3 is 39.5 Å². The van der Waals surface area contributed by atoms with E-state index in [2.05, 4.69) is 83.7 Å². The summed E-state index contributed by atoms with van der Waals surface area (Å²) in [5, 5.41) is 30.5. The summed E-state index contributed by atoms with van der Waals surface area (Å²) >= 11 is 0. The number of aliphatic hydroxyl groups excluding tert-OH is 3. The van der Waals surface area contributed by atoms with Crippen LogP contribution in [0.1, 0.15) is 136 Å². The molecule has 0 aromatic carbocycles. The largest absolute Gasteiger partial charge is 0.472 e. The predicted molar refractivity (Wildman–Crippen MR) is 254 cm³/mol. The van der Waals surface area contributed by atoms with Crippen molar-refractivity contribution in [2.24, 2.45) is 11.8 Å². The van der Waals surface area contributed by atoms with Crippen LogP contribution in [0.2, 0.25) is 0 Å². The van der Waals surface area contributed by atoms with Gasteiger partial charge in [0.2, 0.25) is 0 Å². The molecule has 18 heteroatoms. The summed E-state index contributed by atoms with van der Waals surface area (Å²) in [6.07, 6.45) is 36.5. The Morgan fingerprint density at radius 1 is 0.682 bits per heavy atom. The first-order valence-corrected chi connectivity index (χ1v) is 26.4. The molecule has 376 valence electrons. The highest BCUT2D eigenvalue weighted by molar-refractivity contribution is 7.47. The molecule has 1 fully saturated rings. The Morgan fingerprint density at radius 3 is 1.89 bits per heavy atom. The van der Waals surface area contributed by atoms with Crippen LogP contribution in [0.25, 0.3) is 0 Å². The van der Waals surface area contributed by atoms with Gasteiger partial charge in [0, 0.05) is 31.1 Å². The Labute approximate surface area is 392 Å². The zero-order valence-electron chi connectivity index (χ0n) is 39.0. The molecule has 6 N–H and O–H groups in total. The van der Waals surface area contributed by atoms with Gasteiger partial charge in [0.15, 0.2) is 6.10 Å². The van der Waals surface area contributed by atoms with E-state index in [4.69, 9.17) is 23.8 Å². The predicted octanol–water partition coefficient (Wildman–Crippen LogP) is 8.93. The summed E-state index contributed by atoms with van der Waals surface area (Å²) in [5.41, 5.74) is 0. The van der Waals surface area contributed by atoms with Crippen molar-refractivity contribution in [1.29, 1.82) is 0 Å². The Kier molecular flexibility index (Phi) is 34.9. The highest BCUT2D eigenvalue weighted by Crippen LogP contribution is 2.44. The molecule has 0 heterocycles. The van der Waals surface area contributed by atoms with Crippen molar-refractivity contribution >= 4 is 33.4 Å². The zero-order valence-corrected chi connectivity index (χ0v) is 40.8. The van der Waals surface area contributed by atoms with Gasteiger partial charge in [-0.25, -0.2) is 9.13 Å². The van der Waals surface area contributed by atoms with Crippen molar-refractivity contribution in [3.05, 3.63) is 85.1 Å². The smallest absolute Gasteiger partial charge is 0.462 e.